The van der Waals surface area contributed by atoms with Crippen LogP contribution in [-0.4, -0.2) is 5.91 Å². The second-order valence-electron chi connectivity index (χ2n) is 5.45. The summed E-state index contributed by atoms with van der Waals surface area (Å²) in [6.45, 7) is 5.12. The summed E-state index contributed by atoms with van der Waals surface area (Å²) in [5, 5.41) is 2.93. The Morgan fingerprint density at radius 1 is 1.10 bits per heavy atom. The van der Waals surface area contributed by atoms with E-state index in [4.69, 9.17) is 10.5 Å². The number of nitrogens with one attached hydrogen (secondary N) is 1. The zero-order valence-electron chi connectivity index (χ0n) is 12.2. The van der Waals surface area contributed by atoms with E-state index < -0.39 is 0 Å². The molecule has 0 aromatic heterocycles. The predicted molar refractivity (Wildman–Crippen MR) is 83.2 cm³/mol. The number of benzene rings is 2. The van der Waals surface area contributed by atoms with Crippen molar-refractivity contribution in [2.45, 2.75) is 27.1 Å². The van der Waals surface area contributed by atoms with Gasteiger partial charge in [-0.25, -0.2) is 0 Å². The number of nitrogens with two attached hydrogens (primary N) is 1. The maximum atomic E-state index is 12.4. The topological polar surface area (TPSA) is 64.3 Å². The Hall–Kier alpha value is -2.33. The van der Waals surface area contributed by atoms with Crippen molar-refractivity contribution >= 4 is 17.3 Å². The van der Waals surface area contributed by atoms with Crippen molar-refractivity contribution < 1.29 is 9.53 Å². The quantitative estimate of drug-likeness (QED) is 0.832. The van der Waals surface area contributed by atoms with Crippen molar-refractivity contribution in [2.75, 3.05) is 11.1 Å². The van der Waals surface area contributed by atoms with Gasteiger partial charge in [-0.05, 0) is 54.3 Å². The summed E-state index contributed by atoms with van der Waals surface area (Å²) in [4.78, 5) is 12.4. The van der Waals surface area contributed by atoms with Gasteiger partial charge < -0.3 is 15.8 Å². The van der Waals surface area contributed by atoms with Crippen LogP contribution in [0.2, 0.25) is 0 Å². The number of carbonyl (C=O) groups is 1. The fourth-order valence-corrected chi connectivity index (χ4v) is 2.51. The van der Waals surface area contributed by atoms with Gasteiger partial charge in [0.1, 0.15) is 0 Å². The Balaban J connectivity index is 1.85. The van der Waals surface area contributed by atoms with Gasteiger partial charge in [-0.1, -0.05) is 12.1 Å². The first-order chi connectivity index (χ1) is 10.0. The molecule has 0 atom stereocenters. The minimum atomic E-state index is -0.129. The van der Waals surface area contributed by atoms with Crippen LogP contribution in [0.3, 0.4) is 0 Å². The average molecular weight is 282 g/mol. The molecule has 0 spiro atoms. The first-order valence-electron chi connectivity index (χ1n) is 6.92. The fourth-order valence-electron chi connectivity index (χ4n) is 2.51. The van der Waals surface area contributed by atoms with Crippen LogP contribution in [0.5, 0.6) is 0 Å². The Labute approximate surface area is 123 Å². The van der Waals surface area contributed by atoms with Gasteiger partial charge in [0.15, 0.2) is 0 Å². The van der Waals surface area contributed by atoms with Crippen LogP contribution < -0.4 is 11.1 Å². The highest BCUT2D eigenvalue weighted by Crippen LogP contribution is 2.24. The van der Waals surface area contributed by atoms with E-state index in [1.165, 1.54) is 0 Å². The average Bonchev–Trinajstić information content (AvgIpc) is 2.92. The molecule has 0 saturated heterocycles. The van der Waals surface area contributed by atoms with Crippen LogP contribution in [0, 0.1) is 13.8 Å². The molecule has 4 nitrogen and oxygen atoms in total. The molecule has 0 aliphatic carbocycles. The predicted octanol–water partition coefficient (Wildman–Crippen LogP) is 3.17. The summed E-state index contributed by atoms with van der Waals surface area (Å²) in [5.74, 6) is -0.129. The third kappa shape index (κ3) is 2.62. The SMILES string of the molecule is Cc1cc(C)c(NC(=O)c2ccc3c(c2)COC3)cc1N. The summed E-state index contributed by atoms with van der Waals surface area (Å²) >= 11 is 0. The summed E-state index contributed by atoms with van der Waals surface area (Å²) in [6.07, 6.45) is 0. The number of amides is 1. The Morgan fingerprint density at radius 2 is 1.86 bits per heavy atom. The number of ether oxygens (including phenoxy) is 1. The molecule has 1 aliphatic rings. The molecule has 3 N–H and O–H groups in total. The molecular weight excluding hydrogens is 264 g/mol. The Bertz CT molecular complexity index is 723. The van der Waals surface area contributed by atoms with Gasteiger partial charge in [0.05, 0.1) is 13.2 Å². The summed E-state index contributed by atoms with van der Waals surface area (Å²) in [5.41, 5.74) is 12.2. The zero-order chi connectivity index (χ0) is 15.0. The van der Waals surface area contributed by atoms with Crippen LogP contribution in [-0.2, 0) is 18.0 Å². The number of anilines is 2. The third-order valence-corrected chi connectivity index (χ3v) is 3.84. The molecule has 1 heterocycles. The molecular formula is C17H18N2O2. The molecule has 2 aromatic rings. The first-order valence-corrected chi connectivity index (χ1v) is 6.92. The third-order valence-electron chi connectivity index (χ3n) is 3.84. The van der Waals surface area contributed by atoms with E-state index in [1.807, 2.05) is 38.1 Å². The number of fused-ring (bicyclic) bond motifs is 1. The number of aryl methyl sites for hydroxylation is 2. The molecule has 0 saturated carbocycles. The lowest BCUT2D eigenvalue weighted by molar-refractivity contribution is 0.102. The van der Waals surface area contributed by atoms with Gasteiger partial charge in [0.2, 0.25) is 0 Å². The van der Waals surface area contributed by atoms with Crippen molar-refractivity contribution in [1.29, 1.82) is 0 Å². The van der Waals surface area contributed by atoms with Crippen molar-refractivity contribution in [3.63, 3.8) is 0 Å². The molecule has 2 aromatic carbocycles. The summed E-state index contributed by atoms with van der Waals surface area (Å²) in [6, 6.07) is 9.45. The number of rotatable bonds is 2. The highest BCUT2D eigenvalue weighted by Gasteiger charge is 2.15. The van der Waals surface area contributed by atoms with E-state index in [9.17, 15) is 4.79 Å². The molecule has 0 fully saturated rings. The van der Waals surface area contributed by atoms with E-state index in [0.717, 1.165) is 27.9 Å². The van der Waals surface area contributed by atoms with Crippen LogP contribution in [0.25, 0.3) is 0 Å². The second-order valence-corrected chi connectivity index (χ2v) is 5.45. The number of hydrogen-bond acceptors (Lipinski definition) is 3. The van der Waals surface area contributed by atoms with Crippen molar-refractivity contribution in [3.8, 4) is 0 Å². The van der Waals surface area contributed by atoms with E-state index in [2.05, 4.69) is 5.32 Å². The maximum Gasteiger partial charge on any atom is 0.255 e. The largest absolute Gasteiger partial charge is 0.398 e. The minimum absolute atomic E-state index is 0.129. The van der Waals surface area contributed by atoms with Gasteiger partial charge >= 0.3 is 0 Å². The summed E-state index contributed by atoms with van der Waals surface area (Å²) in [7, 11) is 0. The lowest BCUT2D eigenvalue weighted by Crippen LogP contribution is -2.13. The number of carbonyl (C=O) groups excluding carboxylic acids is 1. The molecule has 0 unspecified atom stereocenters. The number of hydrogen-bond donors (Lipinski definition) is 2. The molecule has 21 heavy (non-hydrogen) atoms. The molecule has 108 valence electrons. The van der Waals surface area contributed by atoms with Gasteiger partial charge in [-0.2, -0.15) is 0 Å². The zero-order valence-corrected chi connectivity index (χ0v) is 12.2. The molecule has 4 heteroatoms. The standard InChI is InChI=1S/C17H18N2O2/c1-10-5-11(2)16(7-15(10)18)19-17(20)12-3-4-13-8-21-9-14(13)6-12/h3-7H,8-9,18H2,1-2H3,(H,19,20). The van der Waals surface area contributed by atoms with Gasteiger partial charge in [0, 0.05) is 16.9 Å². The molecule has 0 bridgehead atoms. The van der Waals surface area contributed by atoms with E-state index >= 15 is 0 Å². The van der Waals surface area contributed by atoms with E-state index in [-0.39, 0.29) is 5.91 Å². The van der Waals surface area contributed by atoms with Crippen molar-refractivity contribution in [3.05, 3.63) is 58.1 Å². The lowest BCUT2D eigenvalue weighted by atomic mass is 10.1. The minimum Gasteiger partial charge on any atom is -0.398 e. The van der Waals surface area contributed by atoms with Crippen LogP contribution in [0.1, 0.15) is 32.6 Å². The van der Waals surface area contributed by atoms with Crippen LogP contribution in [0.15, 0.2) is 30.3 Å². The van der Waals surface area contributed by atoms with Crippen molar-refractivity contribution in [2.24, 2.45) is 0 Å². The van der Waals surface area contributed by atoms with E-state index in [0.29, 0.717) is 24.5 Å². The Kier molecular flexibility index (Phi) is 3.39. The van der Waals surface area contributed by atoms with E-state index in [1.54, 1.807) is 6.07 Å². The molecule has 1 aliphatic heterocycles. The monoisotopic (exact) mass is 282 g/mol. The fraction of sp³-hybridized carbons (Fsp3) is 0.235. The van der Waals surface area contributed by atoms with Crippen LogP contribution in [0.4, 0.5) is 11.4 Å². The van der Waals surface area contributed by atoms with Gasteiger partial charge in [-0.15, -0.1) is 0 Å². The number of nitrogen functional groups attached to an aromatic ring is 1. The molecule has 1 amide bonds. The normalized spacial score (nSPS) is 13.0. The first kappa shape index (κ1) is 13.6. The smallest absolute Gasteiger partial charge is 0.255 e. The highest BCUT2D eigenvalue weighted by molar-refractivity contribution is 6.05. The van der Waals surface area contributed by atoms with Gasteiger partial charge in [0.25, 0.3) is 5.91 Å². The van der Waals surface area contributed by atoms with Crippen molar-refractivity contribution in [1.82, 2.24) is 0 Å². The highest BCUT2D eigenvalue weighted by atomic mass is 16.5. The maximum absolute atomic E-state index is 12.4. The second kappa shape index (κ2) is 5.22. The Morgan fingerprint density at radius 3 is 2.67 bits per heavy atom. The lowest BCUT2D eigenvalue weighted by Gasteiger charge is -2.11. The van der Waals surface area contributed by atoms with Crippen LogP contribution >= 0.6 is 0 Å². The molecule has 3 rings (SSSR count). The summed E-state index contributed by atoms with van der Waals surface area (Å²) < 4.78 is 5.37. The van der Waals surface area contributed by atoms with Gasteiger partial charge in [-0.3, -0.25) is 4.79 Å². The molecule has 0 radical (unpaired) electrons.